The maximum absolute atomic E-state index is 11.4. The summed E-state index contributed by atoms with van der Waals surface area (Å²) in [6, 6.07) is 0. The van der Waals surface area contributed by atoms with E-state index in [0.717, 1.165) is 0 Å². The van der Waals surface area contributed by atoms with Crippen LogP contribution in [0.4, 0.5) is 0 Å². The van der Waals surface area contributed by atoms with Crippen molar-refractivity contribution in [1.29, 1.82) is 0 Å². The van der Waals surface area contributed by atoms with Crippen LogP contribution in [-0.2, 0) is 14.3 Å². The molecule has 1 N–H and O–H groups in total. The average Bonchev–Trinajstić information content (AvgIpc) is 2.20. The van der Waals surface area contributed by atoms with Crippen LogP contribution in [0.25, 0.3) is 0 Å². The first kappa shape index (κ1) is 16.7. The van der Waals surface area contributed by atoms with Crippen LogP contribution in [0, 0.1) is 5.41 Å². The number of Topliss-reactive ketones (excluding diaryl/α,β-unsaturated/α-hetero) is 1. The van der Waals surface area contributed by atoms with Crippen molar-refractivity contribution in [3.63, 3.8) is 0 Å². The molecule has 4 heteroatoms. The second kappa shape index (κ2) is 5.55. The van der Waals surface area contributed by atoms with E-state index in [4.69, 9.17) is 4.74 Å². The normalized spacial score (nSPS) is 28.6. The quantitative estimate of drug-likeness (QED) is 0.479. The Morgan fingerprint density at radius 3 is 2.15 bits per heavy atom. The van der Waals surface area contributed by atoms with Crippen molar-refractivity contribution in [2.75, 3.05) is 0 Å². The second-order valence-electron chi connectivity index (χ2n) is 6.48. The van der Waals surface area contributed by atoms with Gasteiger partial charge in [0.1, 0.15) is 6.10 Å². The molecule has 0 aromatic carbocycles. The fraction of sp³-hybridized carbons (Fsp3) is 0.688. The summed E-state index contributed by atoms with van der Waals surface area (Å²) in [6.07, 6.45) is 0.612. The van der Waals surface area contributed by atoms with Crippen molar-refractivity contribution >= 4 is 11.8 Å². The zero-order valence-corrected chi connectivity index (χ0v) is 13.2. The molecule has 2 atom stereocenters. The Balaban J connectivity index is 3.26. The van der Waals surface area contributed by atoms with Crippen LogP contribution in [-0.4, -0.2) is 28.6 Å². The molecule has 0 radical (unpaired) electrons. The van der Waals surface area contributed by atoms with E-state index in [1.165, 1.54) is 13.8 Å². The summed E-state index contributed by atoms with van der Waals surface area (Å²) in [4.78, 5) is 22.5. The van der Waals surface area contributed by atoms with E-state index in [-0.39, 0.29) is 17.9 Å². The Hall–Kier alpha value is -1.38. The molecule has 1 fully saturated rings. The minimum atomic E-state index is -1.14. The van der Waals surface area contributed by atoms with Crippen molar-refractivity contribution in [1.82, 2.24) is 0 Å². The first-order valence-electron chi connectivity index (χ1n) is 6.85. The molecule has 0 aromatic rings. The maximum atomic E-state index is 11.4. The van der Waals surface area contributed by atoms with Gasteiger partial charge in [0.05, 0.1) is 5.60 Å². The van der Waals surface area contributed by atoms with Crippen LogP contribution in [0.5, 0.6) is 0 Å². The minimum Gasteiger partial charge on any atom is -0.462 e. The summed E-state index contributed by atoms with van der Waals surface area (Å²) in [5.74, 6) is -0.407. The molecule has 0 aliphatic heterocycles. The van der Waals surface area contributed by atoms with Crippen LogP contribution in [0.15, 0.2) is 16.9 Å². The predicted molar refractivity (Wildman–Crippen MR) is 76.1 cm³/mol. The molecular weight excluding hydrogens is 256 g/mol. The lowest BCUT2D eigenvalue weighted by Crippen LogP contribution is -2.46. The number of ketones is 1. The van der Waals surface area contributed by atoms with E-state index in [9.17, 15) is 14.7 Å². The van der Waals surface area contributed by atoms with E-state index >= 15 is 0 Å². The van der Waals surface area contributed by atoms with Gasteiger partial charge >= 0.3 is 5.97 Å². The summed E-state index contributed by atoms with van der Waals surface area (Å²) in [5, 5.41) is 10.7. The molecule has 0 aromatic heterocycles. The van der Waals surface area contributed by atoms with Gasteiger partial charge < -0.3 is 9.84 Å². The van der Waals surface area contributed by atoms with Gasteiger partial charge in [0, 0.05) is 24.5 Å². The highest BCUT2D eigenvalue weighted by Crippen LogP contribution is 2.46. The molecule has 0 amide bonds. The van der Waals surface area contributed by atoms with Gasteiger partial charge in [-0.25, -0.2) is 0 Å². The molecule has 0 bridgehead atoms. The van der Waals surface area contributed by atoms with Crippen LogP contribution in [0.3, 0.4) is 0 Å². The standard InChI is InChI=1S/C16H24O4/c1-10(11(2)17)7-14-15(4,5)8-13(20-12(3)18)9-16(14,6)19/h13,19H,8-9H2,1-6H3. The number of rotatable bonds is 2. The van der Waals surface area contributed by atoms with Crippen molar-refractivity contribution < 1.29 is 19.4 Å². The number of carbonyl (C=O) groups is 2. The van der Waals surface area contributed by atoms with Gasteiger partial charge in [-0.15, -0.1) is 5.73 Å². The van der Waals surface area contributed by atoms with Gasteiger partial charge in [-0.1, -0.05) is 13.8 Å². The fourth-order valence-corrected chi connectivity index (χ4v) is 2.92. The molecule has 1 aliphatic carbocycles. The summed E-state index contributed by atoms with van der Waals surface area (Å²) >= 11 is 0. The fourth-order valence-electron chi connectivity index (χ4n) is 2.92. The number of carbonyl (C=O) groups excluding carboxylic acids is 2. The monoisotopic (exact) mass is 280 g/mol. The molecule has 2 unspecified atom stereocenters. The smallest absolute Gasteiger partial charge is 0.302 e. The third-order valence-electron chi connectivity index (χ3n) is 3.75. The van der Waals surface area contributed by atoms with Crippen LogP contribution in [0.1, 0.15) is 54.4 Å². The SMILES string of the molecule is CC(=O)OC1CC(C)(C)C(=C=C(C)C(C)=O)C(C)(O)C1. The van der Waals surface area contributed by atoms with Crippen molar-refractivity contribution in [2.24, 2.45) is 5.41 Å². The van der Waals surface area contributed by atoms with Gasteiger partial charge in [-0.2, -0.15) is 0 Å². The van der Waals surface area contributed by atoms with E-state index in [1.807, 2.05) is 13.8 Å². The lowest BCUT2D eigenvalue weighted by atomic mass is 9.65. The molecule has 1 rings (SSSR count). The predicted octanol–water partition coefficient (Wildman–Crippen LogP) is 2.55. The summed E-state index contributed by atoms with van der Waals surface area (Å²) in [6.45, 7) is 10.2. The number of aliphatic hydroxyl groups is 1. The molecule has 4 nitrogen and oxygen atoms in total. The first-order chi connectivity index (χ1) is 8.95. The second-order valence-corrected chi connectivity index (χ2v) is 6.48. The maximum Gasteiger partial charge on any atom is 0.302 e. The molecular formula is C16H24O4. The topological polar surface area (TPSA) is 63.6 Å². The third kappa shape index (κ3) is 3.81. The van der Waals surface area contributed by atoms with Gasteiger partial charge in [-0.05, 0) is 32.6 Å². The molecule has 0 saturated heterocycles. The Labute approximate surface area is 120 Å². The average molecular weight is 280 g/mol. The van der Waals surface area contributed by atoms with Crippen molar-refractivity contribution in [2.45, 2.75) is 66.1 Å². The van der Waals surface area contributed by atoms with E-state index < -0.39 is 11.0 Å². The first-order valence-corrected chi connectivity index (χ1v) is 6.85. The Bertz CT molecular complexity index is 471. The van der Waals surface area contributed by atoms with Crippen LogP contribution in [0.2, 0.25) is 0 Å². The summed E-state index contributed by atoms with van der Waals surface area (Å²) in [5.41, 5.74) is 2.73. The minimum absolute atomic E-state index is 0.0637. The van der Waals surface area contributed by atoms with Crippen LogP contribution >= 0.6 is 0 Å². The van der Waals surface area contributed by atoms with E-state index in [0.29, 0.717) is 24.0 Å². The lowest BCUT2D eigenvalue weighted by Gasteiger charge is -2.44. The molecule has 1 aliphatic rings. The Morgan fingerprint density at radius 1 is 1.20 bits per heavy atom. The van der Waals surface area contributed by atoms with Crippen molar-refractivity contribution in [3.8, 4) is 0 Å². The molecule has 0 spiro atoms. The Morgan fingerprint density at radius 2 is 1.75 bits per heavy atom. The highest BCUT2D eigenvalue weighted by molar-refractivity contribution is 5.92. The van der Waals surface area contributed by atoms with Gasteiger partial charge in [0.2, 0.25) is 0 Å². The third-order valence-corrected chi connectivity index (χ3v) is 3.75. The van der Waals surface area contributed by atoms with Crippen molar-refractivity contribution in [3.05, 3.63) is 16.9 Å². The highest BCUT2D eigenvalue weighted by atomic mass is 16.5. The molecule has 20 heavy (non-hydrogen) atoms. The number of hydrogen-bond acceptors (Lipinski definition) is 4. The van der Waals surface area contributed by atoms with Crippen LogP contribution < -0.4 is 0 Å². The molecule has 112 valence electrons. The Kier molecular flexibility index (Phi) is 4.62. The largest absolute Gasteiger partial charge is 0.462 e. The summed E-state index contributed by atoms with van der Waals surface area (Å²) < 4.78 is 5.25. The van der Waals surface area contributed by atoms with E-state index in [2.05, 4.69) is 5.73 Å². The lowest BCUT2D eigenvalue weighted by molar-refractivity contribution is -0.152. The highest BCUT2D eigenvalue weighted by Gasteiger charge is 2.46. The van der Waals surface area contributed by atoms with Gasteiger partial charge in [-0.3, -0.25) is 9.59 Å². The molecule has 0 heterocycles. The molecule has 1 saturated carbocycles. The number of ether oxygens (including phenoxy) is 1. The zero-order valence-electron chi connectivity index (χ0n) is 13.2. The number of hydrogen-bond donors (Lipinski definition) is 1. The summed E-state index contributed by atoms with van der Waals surface area (Å²) in [7, 11) is 0. The van der Waals surface area contributed by atoms with Gasteiger partial charge in [0.25, 0.3) is 0 Å². The zero-order chi connectivity index (χ0) is 15.7. The van der Waals surface area contributed by atoms with E-state index in [1.54, 1.807) is 13.8 Å². The number of esters is 1. The van der Waals surface area contributed by atoms with Gasteiger partial charge in [0.15, 0.2) is 5.78 Å².